The molecule has 0 saturated carbocycles. The molecule has 1 saturated heterocycles. The van der Waals surface area contributed by atoms with Gasteiger partial charge in [0.2, 0.25) is 5.91 Å². The molecule has 32 heavy (non-hydrogen) atoms. The first-order valence-corrected chi connectivity index (χ1v) is 12.4. The summed E-state index contributed by atoms with van der Waals surface area (Å²) < 4.78 is 6.25. The third-order valence-electron chi connectivity index (χ3n) is 6.60. The number of nitrogens with zero attached hydrogens (tertiary/aromatic N) is 3. The molecule has 0 aliphatic carbocycles. The van der Waals surface area contributed by atoms with Crippen LogP contribution < -0.4 is 4.74 Å². The van der Waals surface area contributed by atoms with Gasteiger partial charge in [-0.05, 0) is 69.7 Å². The number of carbonyl (C=O) groups is 2. The molecular formula is C26H41N3O3. The van der Waals surface area contributed by atoms with Crippen molar-refractivity contribution in [1.29, 1.82) is 0 Å². The van der Waals surface area contributed by atoms with Gasteiger partial charge in [-0.15, -0.1) is 0 Å². The second-order valence-corrected chi connectivity index (χ2v) is 9.80. The van der Waals surface area contributed by atoms with Crippen molar-refractivity contribution in [1.82, 2.24) is 14.7 Å². The molecule has 1 atom stereocenters. The molecule has 0 spiro atoms. The van der Waals surface area contributed by atoms with Crippen molar-refractivity contribution in [2.45, 2.75) is 64.8 Å². The van der Waals surface area contributed by atoms with E-state index in [1.807, 2.05) is 31.3 Å². The number of amides is 2. The number of fused-ring (bicyclic) bond motifs is 1. The van der Waals surface area contributed by atoms with Crippen molar-refractivity contribution >= 4 is 11.8 Å². The number of hydrogen-bond acceptors (Lipinski definition) is 4. The molecule has 0 unspecified atom stereocenters. The SMILES string of the molecule is CC(C)C[C@H]1COc2ccccc2C(=O)N(C)CCCCCN1C(=O)CN1CCCCC1. The first-order chi connectivity index (χ1) is 15.5. The van der Waals surface area contributed by atoms with Crippen LogP contribution in [0, 0.1) is 5.92 Å². The first kappa shape index (κ1) is 24.6. The summed E-state index contributed by atoms with van der Waals surface area (Å²) >= 11 is 0. The van der Waals surface area contributed by atoms with Crippen LogP contribution in [0.3, 0.4) is 0 Å². The van der Waals surface area contributed by atoms with Crippen molar-refractivity contribution < 1.29 is 14.3 Å². The Labute approximate surface area is 193 Å². The summed E-state index contributed by atoms with van der Waals surface area (Å²) in [5, 5.41) is 0. The van der Waals surface area contributed by atoms with E-state index in [1.165, 1.54) is 19.3 Å². The largest absolute Gasteiger partial charge is 0.491 e. The third kappa shape index (κ3) is 6.96. The van der Waals surface area contributed by atoms with Crippen molar-refractivity contribution in [3.8, 4) is 5.75 Å². The van der Waals surface area contributed by atoms with E-state index in [2.05, 4.69) is 23.6 Å². The van der Waals surface area contributed by atoms with Gasteiger partial charge in [0, 0.05) is 20.1 Å². The normalized spacial score (nSPS) is 21.9. The predicted octanol–water partition coefficient (Wildman–Crippen LogP) is 4.05. The Balaban J connectivity index is 1.82. The van der Waals surface area contributed by atoms with E-state index in [9.17, 15) is 9.59 Å². The van der Waals surface area contributed by atoms with Gasteiger partial charge in [-0.25, -0.2) is 0 Å². The molecule has 1 aromatic rings. The molecule has 6 nitrogen and oxygen atoms in total. The molecule has 0 aromatic heterocycles. The highest BCUT2D eigenvalue weighted by molar-refractivity contribution is 5.96. The average Bonchev–Trinajstić information content (AvgIpc) is 2.79. The molecule has 0 radical (unpaired) electrons. The van der Waals surface area contributed by atoms with Crippen LogP contribution in [0.2, 0.25) is 0 Å². The molecule has 2 aliphatic heterocycles. The molecule has 178 valence electrons. The van der Waals surface area contributed by atoms with Crippen LogP contribution in [0.15, 0.2) is 24.3 Å². The Kier molecular flexibility index (Phi) is 9.39. The quantitative estimate of drug-likeness (QED) is 0.705. The minimum absolute atomic E-state index is 0.00159. The second-order valence-electron chi connectivity index (χ2n) is 9.80. The maximum absolute atomic E-state index is 13.5. The average molecular weight is 444 g/mol. The summed E-state index contributed by atoms with van der Waals surface area (Å²) in [5.41, 5.74) is 0.601. The van der Waals surface area contributed by atoms with Gasteiger partial charge in [0.1, 0.15) is 12.4 Å². The monoisotopic (exact) mass is 443 g/mol. The Morgan fingerprint density at radius 1 is 1.00 bits per heavy atom. The van der Waals surface area contributed by atoms with Gasteiger partial charge in [-0.3, -0.25) is 14.5 Å². The highest BCUT2D eigenvalue weighted by atomic mass is 16.5. The summed E-state index contributed by atoms with van der Waals surface area (Å²) in [7, 11) is 1.86. The second kappa shape index (κ2) is 12.2. The number of para-hydroxylation sites is 1. The number of ether oxygens (including phenoxy) is 1. The molecule has 2 amide bonds. The van der Waals surface area contributed by atoms with E-state index >= 15 is 0 Å². The minimum atomic E-state index is -0.00159. The molecule has 2 aliphatic rings. The number of hydrogen-bond donors (Lipinski definition) is 0. The molecule has 0 N–H and O–H groups in total. The van der Waals surface area contributed by atoms with Crippen molar-refractivity contribution in [3.05, 3.63) is 29.8 Å². The van der Waals surface area contributed by atoms with Crippen LogP contribution in [0.25, 0.3) is 0 Å². The Morgan fingerprint density at radius 3 is 2.38 bits per heavy atom. The first-order valence-electron chi connectivity index (χ1n) is 12.4. The smallest absolute Gasteiger partial charge is 0.257 e. The summed E-state index contributed by atoms with van der Waals surface area (Å²) in [5.74, 6) is 1.28. The van der Waals surface area contributed by atoms with E-state index in [-0.39, 0.29) is 17.9 Å². The standard InChI is InChI=1S/C26H41N3O3/c1-21(2)18-22-20-32-24-13-7-6-12-23(24)26(31)27(3)14-8-4-11-17-29(22)25(30)19-28-15-9-5-10-16-28/h6-7,12-13,21-22H,4-5,8-11,14-20H2,1-3H3/t22-/m0/s1. The molecule has 1 fully saturated rings. The molecule has 0 bridgehead atoms. The number of carbonyl (C=O) groups excluding carboxylic acids is 2. The van der Waals surface area contributed by atoms with E-state index in [0.29, 0.717) is 36.9 Å². The maximum atomic E-state index is 13.5. The molecular weight excluding hydrogens is 402 g/mol. The third-order valence-corrected chi connectivity index (χ3v) is 6.60. The summed E-state index contributed by atoms with van der Waals surface area (Å²) in [6.45, 7) is 8.82. The lowest BCUT2D eigenvalue weighted by Gasteiger charge is -2.35. The zero-order chi connectivity index (χ0) is 22.9. The molecule has 6 heteroatoms. The van der Waals surface area contributed by atoms with Gasteiger partial charge in [0.15, 0.2) is 0 Å². The Bertz CT molecular complexity index is 746. The lowest BCUT2D eigenvalue weighted by atomic mass is 10.0. The lowest BCUT2D eigenvalue weighted by Crippen LogP contribution is -2.49. The van der Waals surface area contributed by atoms with Gasteiger partial charge >= 0.3 is 0 Å². The van der Waals surface area contributed by atoms with Crippen LogP contribution >= 0.6 is 0 Å². The topological polar surface area (TPSA) is 53.1 Å². The van der Waals surface area contributed by atoms with Crippen LogP contribution in [-0.2, 0) is 4.79 Å². The maximum Gasteiger partial charge on any atom is 0.257 e. The minimum Gasteiger partial charge on any atom is -0.491 e. The zero-order valence-electron chi connectivity index (χ0n) is 20.2. The Hall–Kier alpha value is -2.08. The highest BCUT2D eigenvalue weighted by Crippen LogP contribution is 2.23. The fourth-order valence-electron chi connectivity index (χ4n) is 4.81. The summed E-state index contributed by atoms with van der Waals surface area (Å²) in [6, 6.07) is 7.50. The number of piperidine rings is 1. The highest BCUT2D eigenvalue weighted by Gasteiger charge is 2.28. The van der Waals surface area contributed by atoms with E-state index in [1.54, 1.807) is 4.90 Å². The van der Waals surface area contributed by atoms with Gasteiger partial charge in [0.05, 0.1) is 18.2 Å². The van der Waals surface area contributed by atoms with Crippen molar-refractivity contribution in [2.24, 2.45) is 5.92 Å². The summed E-state index contributed by atoms with van der Waals surface area (Å²) in [6.07, 6.45) is 7.42. The van der Waals surface area contributed by atoms with Crippen LogP contribution in [0.1, 0.15) is 69.2 Å². The van der Waals surface area contributed by atoms with Gasteiger partial charge in [-0.2, -0.15) is 0 Å². The van der Waals surface area contributed by atoms with Crippen molar-refractivity contribution in [3.63, 3.8) is 0 Å². The fraction of sp³-hybridized carbons (Fsp3) is 0.692. The zero-order valence-corrected chi connectivity index (χ0v) is 20.2. The van der Waals surface area contributed by atoms with E-state index < -0.39 is 0 Å². The summed E-state index contributed by atoms with van der Waals surface area (Å²) in [4.78, 5) is 32.6. The van der Waals surface area contributed by atoms with Gasteiger partial charge in [0.25, 0.3) is 5.91 Å². The number of rotatable bonds is 4. The lowest BCUT2D eigenvalue weighted by molar-refractivity contribution is -0.136. The Morgan fingerprint density at radius 2 is 1.66 bits per heavy atom. The van der Waals surface area contributed by atoms with Crippen LogP contribution in [0.4, 0.5) is 0 Å². The van der Waals surface area contributed by atoms with Crippen LogP contribution in [0.5, 0.6) is 5.75 Å². The predicted molar refractivity (Wildman–Crippen MR) is 128 cm³/mol. The van der Waals surface area contributed by atoms with Crippen molar-refractivity contribution in [2.75, 3.05) is 46.4 Å². The molecule has 2 heterocycles. The molecule has 1 aromatic carbocycles. The molecule has 3 rings (SSSR count). The van der Waals surface area contributed by atoms with E-state index in [4.69, 9.17) is 4.74 Å². The van der Waals surface area contributed by atoms with E-state index in [0.717, 1.165) is 45.3 Å². The fourth-order valence-corrected chi connectivity index (χ4v) is 4.81. The number of likely N-dealkylation sites (tertiary alicyclic amines) is 1. The van der Waals surface area contributed by atoms with Gasteiger partial charge in [-0.1, -0.05) is 32.4 Å². The van der Waals surface area contributed by atoms with Gasteiger partial charge < -0.3 is 14.5 Å². The number of benzene rings is 1. The van der Waals surface area contributed by atoms with Crippen LogP contribution in [-0.4, -0.2) is 78.9 Å².